The van der Waals surface area contributed by atoms with Crippen LogP contribution in [0.5, 0.6) is 0 Å². The van der Waals surface area contributed by atoms with Crippen LogP contribution in [0, 0.1) is 5.82 Å². The Morgan fingerprint density at radius 2 is 2.04 bits per heavy atom. The van der Waals surface area contributed by atoms with Gasteiger partial charge >= 0.3 is 29.6 Å². The number of hydrogen-bond donors (Lipinski definition) is 1. The summed E-state index contributed by atoms with van der Waals surface area (Å²) in [6, 6.07) is 1.07. The first-order valence-corrected chi connectivity index (χ1v) is 8.47. The van der Waals surface area contributed by atoms with Gasteiger partial charge in [-0.3, -0.25) is 4.79 Å². The van der Waals surface area contributed by atoms with Crippen molar-refractivity contribution in [1.82, 2.24) is 4.57 Å². The number of pyridine rings is 1. The van der Waals surface area contributed by atoms with Crippen LogP contribution in [0.25, 0.3) is 10.9 Å². The SMILES string of the molecule is O=C([O-])c1cn(C2CC2)c2c(Cl)c(N3CCC(O)C3)c(F)cc2c1=O.[Na+]. The number of aromatic nitrogens is 1. The summed E-state index contributed by atoms with van der Waals surface area (Å²) >= 11 is 6.47. The van der Waals surface area contributed by atoms with Gasteiger partial charge < -0.3 is 24.5 Å². The number of benzene rings is 1. The Morgan fingerprint density at radius 3 is 2.58 bits per heavy atom. The van der Waals surface area contributed by atoms with Crippen molar-refractivity contribution in [3.63, 3.8) is 0 Å². The largest absolute Gasteiger partial charge is 1.00 e. The zero-order valence-corrected chi connectivity index (χ0v) is 16.9. The molecule has 1 aromatic heterocycles. The Morgan fingerprint density at radius 1 is 1.35 bits per heavy atom. The number of carbonyl (C=O) groups excluding carboxylic acids is 1. The van der Waals surface area contributed by atoms with Crippen molar-refractivity contribution >= 4 is 34.2 Å². The van der Waals surface area contributed by atoms with Crippen LogP contribution in [0.15, 0.2) is 17.1 Å². The van der Waals surface area contributed by atoms with Crippen molar-refractivity contribution in [1.29, 1.82) is 0 Å². The molecule has 2 fully saturated rings. The molecule has 2 aromatic rings. The molecule has 0 amide bonds. The molecule has 0 radical (unpaired) electrons. The first-order chi connectivity index (χ1) is 11.9. The predicted octanol–water partition coefficient (Wildman–Crippen LogP) is -1.93. The number of anilines is 1. The molecule has 2 heterocycles. The summed E-state index contributed by atoms with van der Waals surface area (Å²) in [5.41, 5.74) is -0.836. The summed E-state index contributed by atoms with van der Waals surface area (Å²) in [6.07, 6.45) is 2.85. The number of fused-ring (bicyclic) bond motifs is 1. The van der Waals surface area contributed by atoms with Gasteiger partial charge in [0.05, 0.1) is 39.2 Å². The molecule has 1 aliphatic heterocycles. The second-order valence-corrected chi connectivity index (χ2v) is 6.98. The molecule has 132 valence electrons. The van der Waals surface area contributed by atoms with Gasteiger partial charge in [0.2, 0.25) is 0 Å². The molecule has 1 atom stereocenters. The number of carbonyl (C=O) groups is 1. The zero-order valence-electron chi connectivity index (χ0n) is 14.2. The molecule has 2 aliphatic rings. The minimum Gasteiger partial charge on any atom is -0.545 e. The number of carboxylic acids is 1. The van der Waals surface area contributed by atoms with E-state index in [2.05, 4.69) is 0 Å². The van der Waals surface area contributed by atoms with Gasteiger partial charge in [-0.1, -0.05) is 11.6 Å². The number of aliphatic hydroxyl groups is 1. The quantitative estimate of drug-likeness (QED) is 0.619. The normalized spacial score (nSPS) is 19.7. The van der Waals surface area contributed by atoms with Gasteiger partial charge in [0.1, 0.15) is 5.82 Å². The minimum atomic E-state index is -1.59. The van der Waals surface area contributed by atoms with Crippen molar-refractivity contribution in [3.8, 4) is 0 Å². The van der Waals surface area contributed by atoms with Gasteiger partial charge in [0.15, 0.2) is 5.43 Å². The van der Waals surface area contributed by atoms with Crippen molar-refractivity contribution in [3.05, 3.63) is 38.9 Å². The smallest absolute Gasteiger partial charge is 0.545 e. The number of hydrogen-bond acceptors (Lipinski definition) is 5. The Bertz CT molecular complexity index is 960. The third-order valence-electron chi connectivity index (χ3n) is 4.82. The van der Waals surface area contributed by atoms with E-state index in [-0.39, 0.29) is 58.2 Å². The fourth-order valence-electron chi connectivity index (χ4n) is 3.45. The number of aromatic carboxylic acids is 1. The molecule has 1 aliphatic carbocycles. The molecule has 26 heavy (non-hydrogen) atoms. The van der Waals surface area contributed by atoms with Crippen LogP contribution in [0.2, 0.25) is 5.02 Å². The van der Waals surface area contributed by atoms with E-state index in [0.29, 0.717) is 18.5 Å². The summed E-state index contributed by atoms with van der Waals surface area (Å²) in [6.45, 7) is 0.709. The third kappa shape index (κ3) is 3.16. The van der Waals surface area contributed by atoms with E-state index in [1.54, 1.807) is 9.47 Å². The van der Waals surface area contributed by atoms with Gasteiger partial charge in [0, 0.05) is 25.3 Å². The van der Waals surface area contributed by atoms with Crippen molar-refractivity contribution in [2.45, 2.75) is 31.4 Å². The molecule has 6 nitrogen and oxygen atoms in total. The number of halogens is 2. The molecule has 1 N–H and O–H groups in total. The molecular weight excluding hydrogens is 374 g/mol. The topological polar surface area (TPSA) is 85.6 Å². The molecule has 9 heteroatoms. The number of aliphatic hydroxyl groups excluding tert-OH is 1. The first kappa shape index (κ1) is 19.6. The second-order valence-electron chi connectivity index (χ2n) is 6.60. The van der Waals surface area contributed by atoms with Crippen LogP contribution in [-0.4, -0.2) is 34.8 Å². The molecular formula is C17H15ClFN2NaO4. The van der Waals surface area contributed by atoms with Crippen LogP contribution in [-0.2, 0) is 0 Å². The maximum atomic E-state index is 14.7. The van der Waals surface area contributed by atoms with Crippen LogP contribution in [0.3, 0.4) is 0 Å². The van der Waals surface area contributed by atoms with Gasteiger partial charge in [0.25, 0.3) is 0 Å². The third-order valence-corrected chi connectivity index (χ3v) is 5.18. The average molecular weight is 389 g/mol. The zero-order chi connectivity index (χ0) is 17.9. The molecule has 1 saturated carbocycles. The number of carboxylic acid groups (broad SMARTS) is 1. The molecule has 1 aromatic carbocycles. The molecule has 0 bridgehead atoms. The van der Waals surface area contributed by atoms with E-state index in [1.165, 1.54) is 6.20 Å². The van der Waals surface area contributed by atoms with Gasteiger partial charge in [-0.2, -0.15) is 0 Å². The monoisotopic (exact) mass is 388 g/mol. The van der Waals surface area contributed by atoms with Crippen molar-refractivity contribution in [2.75, 3.05) is 18.0 Å². The van der Waals surface area contributed by atoms with Crippen molar-refractivity contribution < 1.29 is 49.0 Å². The van der Waals surface area contributed by atoms with E-state index < -0.39 is 28.9 Å². The Balaban J connectivity index is 0.00000196. The second kappa shape index (κ2) is 7.13. The number of nitrogens with zero attached hydrogens (tertiary/aromatic N) is 2. The molecule has 4 rings (SSSR count). The van der Waals surface area contributed by atoms with E-state index in [4.69, 9.17) is 11.6 Å². The van der Waals surface area contributed by atoms with Crippen LogP contribution < -0.4 is 45.0 Å². The van der Waals surface area contributed by atoms with Gasteiger partial charge in [-0.05, 0) is 25.3 Å². The Hall–Kier alpha value is -1.12. The fraction of sp³-hybridized carbons (Fsp3) is 0.412. The summed E-state index contributed by atoms with van der Waals surface area (Å²) in [5, 5.41) is 21.0. The van der Waals surface area contributed by atoms with E-state index >= 15 is 0 Å². The van der Waals surface area contributed by atoms with E-state index in [1.807, 2.05) is 0 Å². The summed E-state index contributed by atoms with van der Waals surface area (Å²) < 4.78 is 16.3. The average Bonchev–Trinajstić information content (AvgIpc) is 3.30. The van der Waals surface area contributed by atoms with Gasteiger partial charge in [-0.15, -0.1) is 0 Å². The number of β-amino-alcohol motifs (C(OH)–C–C–N with tert-alkyl or cyclic N) is 1. The van der Waals surface area contributed by atoms with Crippen LogP contribution in [0.4, 0.5) is 10.1 Å². The summed E-state index contributed by atoms with van der Waals surface area (Å²) in [5.74, 6) is -2.30. The standard InChI is InChI=1S/C17H16ClFN2O4.Na/c18-13-14-10(5-12(19)15(13)20-4-3-9(22)6-20)16(23)11(17(24)25)7-21(14)8-1-2-8;/h5,7-9,22H,1-4,6H2,(H,24,25);/q;+1/p-1. The maximum Gasteiger partial charge on any atom is 1.00 e. The van der Waals surface area contributed by atoms with E-state index in [0.717, 1.165) is 18.9 Å². The Kier molecular flexibility index (Phi) is 5.38. The molecule has 1 unspecified atom stereocenters. The fourth-order valence-corrected chi connectivity index (χ4v) is 3.86. The van der Waals surface area contributed by atoms with Gasteiger partial charge in [-0.25, -0.2) is 4.39 Å². The summed E-state index contributed by atoms with van der Waals surface area (Å²) in [4.78, 5) is 25.3. The van der Waals surface area contributed by atoms with E-state index in [9.17, 15) is 24.2 Å². The minimum absolute atomic E-state index is 0. The Labute approximate surface area is 175 Å². The first-order valence-electron chi connectivity index (χ1n) is 8.09. The molecule has 0 spiro atoms. The van der Waals surface area contributed by atoms with Crippen LogP contribution >= 0.6 is 11.6 Å². The molecule has 1 saturated heterocycles. The number of rotatable bonds is 3. The summed E-state index contributed by atoms with van der Waals surface area (Å²) in [7, 11) is 0. The maximum absolute atomic E-state index is 14.7. The van der Waals surface area contributed by atoms with Crippen molar-refractivity contribution in [2.24, 2.45) is 0 Å². The van der Waals surface area contributed by atoms with Crippen LogP contribution in [0.1, 0.15) is 35.7 Å². The predicted molar refractivity (Wildman–Crippen MR) is 88.6 cm³/mol.